The van der Waals surface area contributed by atoms with Crippen LogP contribution in [0.4, 0.5) is 0 Å². The summed E-state index contributed by atoms with van der Waals surface area (Å²) in [5.41, 5.74) is 1.33. The number of amides is 2. The Morgan fingerprint density at radius 1 is 1.30 bits per heavy atom. The highest BCUT2D eigenvalue weighted by Gasteiger charge is 2.36. The summed E-state index contributed by atoms with van der Waals surface area (Å²) < 4.78 is 5.29. The first-order chi connectivity index (χ1) is 13.0. The molecular weight excluding hydrogens is 366 g/mol. The largest absolute Gasteiger partial charge is 0.496 e. The van der Waals surface area contributed by atoms with E-state index in [2.05, 4.69) is 10.3 Å². The summed E-state index contributed by atoms with van der Waals surface area (Å²) in [4.78, 5) is 31.5. The molecule has 1 saturated heterocycles. The minimum absolute atomic E-state index is 0.161. The summed E-state index contributed by atoms with van der Waals surface area (Å²) in [5.74, 6) is 0.0373. The number of benzene rings is 1. The van der Waals surface area contributed by atoms with Crippen molar-refractivity contribution in [3.05, 3.63) is 58.9 Å². The normalized spacial score (nSPS) is 17.4. The van der Waals surface area contributed by atoms with Crippen molar-refractivity contribution >= 4 is 23.4 Å². The number of methoxy groups -OCH3 is 1. The highest BCUT2D eigenvalue weighted by Crippen LogP contribution is 2.28. The Labute approximate surface area is 163 Å². The highest BCUT2D eigenvalue weighted by atomic mass is 35.5. The average Bonchev–Trinajstić information content (AvgIpc) is 3.18. The van der Waals surface area contributed by atoms with Crippen LogP contribution in [0.5, 0.6) is 5.75 Å². The van der Waals surface area contributed by atoms with Crippen LogP contribution in [0.3, 0.4) is 0 Å². The maximum absolute atomic E-state index is 13.0. The lowest BCUT2D eigenvalue weighted by atomic mass is 10.1. The number of rotatable bonds is 5. The summed E-state index contributed by atoms with van der Waals surface area (Å²) in [7, 11) is 1.50. The van der Waals surface area contributed by atoms with E-state index in [1.807, 2.05) is 19.1 Å². The Kier molecular flexibility index (Phi) is 5.96. The molecule has 0 spiro atoms. The lowest BCUT2D eigenvalue weighted by Crippen LogP contribution is -2.46. The van der Waals surface area contributed by atoms with Gasteiger partial charge in [-0.1, -0.05) is 11.6 Å². The summed E-state index contributed by atoms with van der Waals surface area (Å²) in [6.45, 7) is 2.44. The molecule has 0 radical (unpaired) electrons. The molecule has 0 saturated carbocycles. The van der Waals surface area contributed by atoms with Gasteiger partial charge in [0, 0.05) is 24.0 Å². The number of carbonyl (C=O) groups is 2. The van der Waals surface area contributed by atoms with Gasteiger partial charge in [0.15, 0.2) is 0 Å². The summed E-state index contributed by atoms with van der Waals surface area (Å²) in [5, 5.41) is 3.45. The van der Waals surface area contributed by atoms with Gasteiger partial charge in [0.1, 0.15) is 11.8 Å². The van der Waals surface area contributed by atoms with E-state index < -0.39 is 6.04 Å². The van der Waals surface area contributed by atoms with E-state index in [4.69, 9.17) is 16.3 Å². The van der Waals surface area contributed by atoms with E-state index in [0.717, 1.165) is 12.0 Å². The van der Waals surface area contributed by atoms with Crippen molar-refractivity contribution in [2.24, 2.45) is 0 Å². The molecule has 1 aromatic carbocycles. The smallest absolute Gasteiger partial charge is 0.258 e. The number of halogens is 1. The van der Waals surface area contributed by atoms with Crippen LogP contribution in [-0.4, -0.2) is 41.4 Å². The van der Waals surface area contributed by atoms with Crippen LogP contribution in [0.15, 0.2) is 42.7 Å². The van der Waals surface area contributed by atoms with Gasteiger partial charge in [-0.15, -0.1) is 0 Å². The van der Waals surface area contributed by atoms with Gasteiger partial charge >= 0.3 is 0 Å². The number of hydrogen-bond acceptors (Lipinski definition) is 4. The standard InChI is InChI=1S/C20H22ClN3O3/c1-13(14-7-9-22-10-8-14)23-19(25)17-4-3-11-24(17)20(26)16-12-15(21)5-6-18(16)27-2/h5-10,12-13,17H,3-4,11H2,1-2H3,(H,23,25). The number of nitrogens with zero attached hydrogens (tertiary/aromatic N) is 2. The van der Waals surface area contributed by atoms with Gasteiger partial charge < -0.3 is 15.0 Å². The van der Waals surface area contributed by atoms with E-state index in [-0.39, 0.29) is 17.9 Å². The lowest BCUT2D eigenvalue weighted by molar-refractivity contribution is -0.125. The maximum atomic E-state index is 13.0. The second-order valence-electron chi connectivity index (χ2n) is 6.51. The van der Waals surface area contributed by atoms with Crippen LogP contribution in [0.1, 0.15) is 41.7 Å². The van der Waals surface area contributed by atoms with E-state index in [0.29, 0.717) is 29.3 Å². The molecule has 1 fully saturated rings. The molecule has 6 nitrogen and oxygen atoms in total. The van der Waals surface area contributed by atoms with E-state index in [9.17, 15) is 9.59 Å². The first-order valence-electron chi connectivity index (χ1n) is 8.86. The third-order valence-corrected chi connectivity index (χ3v) is 5.01. The third-order valence-electron chi connectivity index (χ3n) is 4.77. The first-order valence-corrected chi connectivity index (χ1v) is 9.24. The molecule has 2 atom stereocenters. The molecule has 2 amide bonds. The number of carbonyl (C=O) groups excluding carboxylic acids is 2. The summed E-state index contributed by atoms with van der Waals surface area (Å²) >= 11 is 6.05. The maximum Gasteiger partial charge on any atom is 0.258 e. The summed E-state index contributed by atoms with van der Waals surface area (Å²) in [6.07, 6.45) is 4.78. The first kappa shape index (κ1) is 19.2. The molecule has 2 heterocycles. The van der Waals surface area contributed by atoms with Gasteiger partial charge in [-0.25, -0.2) is 0 Å². The number of nitrogens with one attached hydrogen (secondary N) is 1. The van der Waals surface area contributed by atoms with Gasteiger partial charge in [0.05, 0.1) is 18.7 Å². The fraction of sp³-hybridized carbons (Fsp3) is 0.350. The molecule has 2 aromatic rings. The lowest BCUT2D eigenvalue weighted by Gasteiger charge is -2.26. The molecule has 1 N–H and O–H groups in total. The monoisotopic (exact) mass is 387 g/mol. The molecule has 1 aliphatic rings. The number of ether oxygens (including phenoxy) is 1. The second kappa shape index (κ2) is 8.39. The van der Waals surface area contributed by atoms with Crippen LogP contribution in [0, 0.1) is 0 Å². The minimum atomic E-state index is -0.509. The predicted octanol–water partition coefficient (Wildman–Crippen LogP) is 3.23. The van der Waals surface area contributed by atoms with Crippen LogP contribution in [-0.2, 0) is 4.79 Å². The molecule has 7 heteroatoms. The number of pyridine rings is 1. The second-order valence-corrected chi connectivity index (χ2v) is 6.95. The number of likely N-dealkylation sites (tertiary alicyclic amines) is 1. The van der Waals surface area contributed by atoms with Crippen LogP contribution >= 0.6 is 11.6 Å². The van der Waals surface area contributed by atoms with E-state index in [1.165, 1.54) is 7.11 Å². The van der Waals surface area contributed by atoms with Crippen molar-refractivity contribution in [2.45, 2.75) is 31.8 Å². The molecule has 3 rings (SSSR count). The third kappa shape index (κ3) is 4.22. The SMILES string of the molecule is COc1ccc(Cl)cc1C(=O)N1CCCC1C(=O)NC(C)c1ccncc1. The van der Waals surface area contributed by atoms with Gasteiger partial charge in [0.25, 0.3) is 5.91 Å². The van der Waals surface area contributed by atoms with E-state index >= 15 is 0 Å². The zero-order valence-corrected chi connectivity index (χ0v) is 16.1. The quantitative estimate of drug-likeness (QED) is 0.855. The Hall–Kier alpha value is -2.60. The van der Waals surface area contributed by atoms with Gasteiger partial charge in [-0.3, -0.25) is 14.6 Å². The Morgan fingerprint density at radius 3 is 2.74 bits per heavy atom. The van der Waals surface area contributed by atoms with Crippen molar-refractivity contribution in [1.82, 2.24) is 15.2 Å². The molecule has 142 valence electrons. The molecule has 0 aliphatic carbocycles. The zero-order valence-electron chi connectivity index (χ0n) is 15.3. The fourth-order valence-corrected chi connectivity index (χ4v) is 3.50. The molecule has 1 aliphatic heterocycles. The zero-order chi connectivity index (χ0) is 19.4. The highest BCUT2D eigenvalue weighted by molar-refractivity contribution is 6.31. The molecule has 1 aromatic heterocycles. The predicted molar refractivity (Wildman–Crippen MR) is 103 cm³/mol. The average molecular weight is 388 g/mol. The fourth-order valence-electron chi connectivity index (χ4n) is 3.33. The Balaban J connectivity index is 1.76. The van der Waals surface area contributed by atoms with Gasteiger partial charge in [-0.2, -0.15) is 0 Å². The minimum Gasteiger partial charge on any atom is -0.496 e. The van der Waals surface area contributed by atoms with Gasteiger partial charge in [-0.05, 0) is 55.7 Å². The van der Waals surface area contributed by atoms with Crippen LogP contribution in [0.2, 0.25) is 5.02 Å². The van der Waals surface area contributed by atoms with Gasteiger partial charge in [0.2, 0.25) is 5.91 Å². The van der Waals surface area contributed by atoms with E-state index in [1.54, 1.807) is 35.5 Å². The van der Waals surface area contributed by atoms with Crippen molar-refractivity contribution in [2.75, 3.05) is 13.7 Å². The van der Waals surface area contributed by atoms with Crippen molar-refractivity contribution < 1.29 is 14.3 Å². The number of hydrogen-bond donors (Lipinski definition) is 1. The molecule has 27 heavy (non-hydrogen) atoms. The molecular formula is C20H22ClN3O3. The number of aromatic nitrogens is 1. The van der Waals surface area contributed by atoms with Crippen molar-refractivity contribution in [3.8, 4) is 5.75 Å². The molecule has 2 unspecified atom stereocenters. The Morgan fingerprint density at radius 2 is 2.04 bits per heavy atom. The van der Waals surface area contributed by atoms with Crippen molar-refractivity contribution in [1.29, 1.82) is 0 Å². The van der Waals surface area contributed by atoms with Crippen LogP contribution < -0.4 is 10.1 Å². The Bertz CT molecular complexity index is 828. The summed E-state index contributed by atoms with van der Waals surface area (Å²) in [6, 6.07) is 7.95. The van der Waals surface area contributed by atoms with Crippen molar-refractivity contribution in [3.63, 3.8) is 0 Å². The molecule has 0 bridgehead atoms. The van der Waals surface area contributed by atoms with Crippen LogP contribution in [0.25, 0.3) is 0 Å². The topological polar surface area (TPSA) is 71.5 Å².